The van der Waals surface area contributed by atoms with Gasteiger partial charge in [-0.25, -0.2) is 9.78 Å². The molecule has 1 atom stereocenters. The van der Waals surface area contributed by atoms with Crippen molar-refractivity contribution < 1.29 is 14.1 Å². The van der Waals surface area contributed by atoms with E-state index in [4.69, 9.17) is 9.72 Å². The lowest BCUT2D eigenvalue weighted by atomic mass is 9.90. The van der Waals surface area contributed by atoms with Crippen LogP contribution in [0.4, 0.5) is 4.79 Å². The van der Waals surface area contributed by atoms with E-state index in [1.54, 1.807) is 38.2 Å². The molecular formula is C24H37N3O3S2. The second-order valence-corrected chi connectivity index (χ2v) is 11.7. The molecule has 32 heavy (non-hydrogen) atoms. The summed E-state index contributed by atoms with van der Waals surface area (Å²) in [6.45, 7) is 15.4. The molecule has 1 aromatic rings. The molecular weight excluding hydrogens is 442 g/mol. The number of carbonyl (C=O) groups excluding carboxylic acids is 1. The number of hydrogen-bond acceptors (Lipinski definition) is 6. The molecule has 0 bridgehead atoms. The molecule has 0 saturated heterocycles. The summed E-state index contributed by atoms with van der Waals surface area (Å²) in [5.41, 5.74) is 1.04. The van der Waals surface area contributed by atoms with E-state index < -0.39 is 17.5 Å². The number of rotatable bonds is 8. The summed E-state index contributed by atoms with van der Waals surface area (Å²) < 4.78 is 21.2. The number of ether oxygens (including phenoxy) is 1. The van der Waals surface area contributed by atoms with Crippen LogP contribution in [0.1, 0.15) is 89.4 Å². The van der Waals surface area contributed by atoms with Gasteiger partial charge in [0, 0.05) is 23.4 Å². The Kier molecular flexibility index (Phi) is 10.0. The second-order valence-electron chi connectivity index (χ2n) is 9.45. The smallest absolute Gasteiger partial charge is 0.411 e. The van der Waals surface area contributed by atoms with Crippen molar-refractivity contribution in [2.24, 2.45) is 0 Å². The summed E-state index contributed by atoms with van der Waals surface area (Å²) in [5, 5.41) is 3.84. The first kappa shape index (κ1) is 26.6. The van der Waals surface area contributed by atoms with Crippen molar-refractivity contribution in [3.8, 4) is 0 Å². The minimum Gasteiger partial charge on any atom is -0.593 e. The van der Waals surface area contributed by atoms with E-state index in [1.165, 1.54) is 32.1 Å². The highest BCUT2D eigenvalue weighted by atomic mass is 32.2. The van der Waals surface area contributed by atoms with E-state index in [-0.39, 0.29) is 11.6 Å². The minimum atomic E-state index is -1.47. The van der Waals surface area contributed by atoms with Gasteiger partial charge in [-0.2, -0.15) is 0 Å². The van der Waals surface area contributed by atoms with E-state index in [0.29, 0.717) is 16.5 Å². The fourth-order valence-electron chi connectivity index (χ4n) is 3.36. The third-order valence-electron chi connectivity index (χ3n) is 4.81. The molecule has 1 aliphatic carbocycles. The first-order valence-electron chi connectivity index (χ1n) is 11.2. The number of amides is 1. The lowest BCUT2D eigenvalue weighted by Gasteiger charge is -2.23. The number of carbonyl (C=O) groups is 1. The van der Waals surface area contributed by atoms with Crippen molar-refractivity contribution in [2.45, 2.75) is 91.2 Å². The van der Waals surface area contributed by atoms with Crippen LogP contribution in [-0.4, -0.2) is 27.3 Å². The van der Waals surface area contributed by atoms with Crippen LogP contribution < -0.4 is 10.0 Å². The zero-order chi connectivity index (χ0) is 23.9. The molecule has 1 aliphatic rings. The van der Waals surface area contributed by atoms with Crippen molar-refractivity contribution in [1.29, 1.82) is 0 Å². The van der Waals surface area contributed by atoms with Crippen molar-refractivity contribution in [2.75, 3.05) is 0 Å². The van der Waals surface area contributed by atoms with Gasteiger partial charge in [-0.1, -0.05) is 19.3 Å². The maximum atomic E-state index is 13.0. The molecule has 1 saturated carbocycles. The molecule has 2 N–H and O–H groups in total. The molecule has 0 aliphatic heterocycles. The fourth-order valence-corrected chi connectivity index (χ4v) is 5.62. The SMILES string of the molecule is C=C(/C(=C\C=C(/C)NC(=O)OC(C)C)c1cnc(C2CCCCC2)s1)[S+]([O-])NC(C)(C)C. The zero-order valence-electron chi connectivity index (χ0n) is 20.1. The Labute approximate surface area is 199 Å². The van der Waals surface area contributed by atoms with E-state index in [1.807, 2.05) is 33.0 Å². The number of aromatic nitrogens is 1. The van der Waals surface area contributed by atoms with Gasteiger partial charge in [-0.15, -0.1) is 16.1 Å². The molecule has 0 radical (unpaired) electrons. The Morgan fingerprint density at radius 2 is 1.97 bits per heavy atom. The van der Waals surface area contributed by atoms with Gasteiger partial charge in [0.25, 0.3) is 0 Å². The molecule has 178 valence electrons. The molecule has 1 amide bonds. The number of hydrogen-bond donors (Lipinski definition) is 2. The van der Waals surface area contributed by atoms with Gasteiger partial charge < -0.3 is 9.29 Å². The summed E-state index contributed by atoms with van der Waals surface area (Å²) in [6, 6.07) is 0. The third-order valence-corrected chi connectivity index (χ3v) is 7.47. The minimum absolute atomic E-state index is 0.199. The predicted octanol–water partition coefficient (Wildman–Crippen LogP) is 6.18. The first-order chi connectivity index (χ1) is 15.0. The number of alkyl carbamates (subject to hydrolysis) is 1. The number of nitrogens with zero attached hydrogens (tertiary/aromatic N) is 1. The predicted molar refractivity (Wildman–Crippen MR) is 135 cm³/mol. The van der Waals surface area contributed by atoms with Crippen LogP contribution in [0.15, 0.2) is 35.5 Å². The number of nitrogens with one attached hydrogen (secondary N) is 2. The molecule has 1 unspecified atom stereocenters. The Hall–Kier alpha value is -1.61. The van der Waals surface area contributed by atoms with Gasteiger partial charge in [0.05, 0.1) is 32.9 Å². The highest BCUT2D eigenvalue weighted by molar-refractivity contribution is 7.94. The quantitative estimate of drug-likeness (QED) is 0.343. The number of allylic oxidation sites excluding steroid dienone is 4. The molecule has 1 aromatic heterocycles. The van der Waals surface area contributed by atoms with E-state index >= 15 is 0 Å². The van der Waals surface area contributed by atoms with Crippen LogP contribution in [0.5, 0.6) is 0 Å². The standard InChI is InChI=1S/C24H37N3O3S2/c1-16(2)30-23(28)26-17(3)13-14-20(18(4)32(29)27-24(5,6)7)21-15-25-22(31-21)19-11-9-8-10-12-19/h13-16,19,27H,4,8-12H2,1-3,5-7H3,(H,26,28)/b17-13+,20-14+. The van der Waals surface area contributed by atoms with Crippen LogP contribution in [0.25, 0.3) is 5.57 Å². The van der Waals surface area contributed by atoms with Crippen molar-refractivity contribution >= 4 is 34.4 Å². The van der Waals surface area contributed by atoms with Crippen LogP contribution in [0, 0.1) is 0 Å². The fraction of sp³-hybridized carbons (Fsp3) is 0.583. The zero-order valence-corrected chi connectivity index (χ0v) is 21.8. The molecule has 8 heteroatoms. The van der Waals surface area contributed by atoms with Gasteiger partial charge in [0.1, 0.15) is 0 Å². The highest BCUT2D eigenvalue weighted by Crippen LogP contribution is 2.38. The molecule has 0 aromatic carbocycles. The summed E-state index contributed by atoms with van der Waals surface area (Å²) in [5.74, 6) is 0.500. The van der Waals surface area contributed by atoms with Gasteiger partial charge in [0.2, 0.25) is 0 Å². The Morgan fingerprint density at radius 1 is 1.31 bits per heavy atom. The van der Waals surface area contributed by atoms with Crippen molar-refractivity contribution in [3.05, 3.63) is 45.4 Å². The van der Waals surface area contributed by atoms with E-state index in [0.717, 1.165) is 15.5 Å². The average molecular weight is 480 g/mol. The Morgan fingerprint density at radius 3 is 2.56 bits per heavy atom. The van der Waals surface area contributed by atoms with Crippen LogP contribution in [-0.2, 0) is 16.1 Å². The maximum Gasteiger partial charge on any atom is 0.411 e. The largest absolute Gasteiger partial charge is 0.593 e. The van der Waals surface area contributed by atoms with Crippen molar-refractivity contribution in [3.63, 3.8) is 0 Å². The van der Waals surface area contributed by atoms with Crippen molar-refractivity contribution in [1.82, 2.24) is 15.0 Å². The molecule has 2 rings (SSSR count). The maximum absolute atomic E-state index is 13.0. The lowest BCUT2D eigenvalue weighted by molar-refractivity contribution is 0.118. The third kappa shape index (κ3) is 8.73. The second kappa shape index (κ2) is 12.0. The van der Waals surface area contributed by atoms with Gasteiger partial charge in [-0.05, 0) is 73.1 Å². The molecule has 1 fully saturated rings. The van der Waals surface area contributed by atoms with Gasteiger partial charge in [-0.3, -0.25) is 5.32 Å². The summed E-state index contributed by atoms with van der Waals surface area (Å²) in [7, 11) is 0. The van der Waals surface area contributed by atoms with Gasteiger partial charge >= 0.3 is 6.09 Å². The van der Waals surface area contributed by atoms with Gasteiger partial charge in [0.15, 0.2) is 4.91 Å². The molecule has 1 heterocycles. The topological polar surface area (TPSA) is 86.3 Å². The Balaban J connectivity index is 2.29. The Bertz CT molecular complexity index is 847. The summed E-state index contributed by atoms with van der Waals surface area (Å²) in [4.78, 5) is 18.0. The molecule has 0 spiro atoms. The molecule has 6 nitrogen and oxygen atoms in total. The lowest BCUT2D eigenvalue weighted by Crippen LogP contribution is -2.41. The van der Waals surface area contributed by atoms with Crippen LogP contribution in [0.2, 0.25) is 0 Å². The van der Waals surface area contributed by atoms with Crippen LogP contribution >= 0.6 is 11.3 Å². The van der Waals surface area contributed by atoms with E-state index in [9.17, 15) is 9.35 Å². The summed E-state index contributed by atoms with van der Waals surface area (Å²) in [6.07, 6.45) is 10.9. The van der Waals surface area contributed by atoms with Crippen LogP contribution in [0.3, 0.4) is 0 Å². The van der Waals surface area contributed by atoms with E-state index in [2.05, 4.69) is 16.6 Å². The first-order valence-corrected chi connectivity index (χ1v) is 13.1. The highest BCUT2D eigenvalue weighted by Gasteiger charge is 2.27. The number of thiazole rings is 1. The average Bonchev–Trinajstić information content (AvgIpc) is 3.16. The normalized spacial score (nSPS) is 17.4. The monoisotopic (exact) mass is 479 g/mol. The summed E-state index contributed by atoms with van der Waals surface area (Å²) >= 11 is 0.173.